The van der Waals surface area contributed by atoms with Crippen molar-refractivity contribution in [3.63, 3.8) is 0 Å². The normalized spacial score (nSPS) is 37.4. The highest BCUT2D eigenvalue weighted by Crippen LogP contribution is 2.39. The minimum Gasteiger partial charge on any atom is -0.394 e. The molecule has 2 aliphatic rings. The molecule has 9 heteroatoms. The molecule has 0 radical (unpaired) electrons. The first-order valence-electron chi connectivity index (χ1n) is 6.31. The number of aliphatic hydroxyl groups excluding tert-OH is 3. The monoisotopic (exact) mass is 292 g/mol. The maximum absolute atomic E-state index is 10.2. The van der Waals surface area contributed by atoms with Gasteiger partial charge in [0, 0.05) is 11.2 Å². The lowest BCUT2D eigenvalue weighted by atomic mass is 9.88. The molecule has 0 aromatic carbocycles. The zero-order valence-electron chi connectivity index (χ0n) is 10.9. The minimum atomic E-state index is -1.76. The Kier molecular flexibility index (Phi) is 3.11. The topological polar surface area (TPSA) is 149 Å². The van der Waals surface area contributed by atoms with Crippen LogP contribution in [0.1, 0.15) is 11.7 Å². The van der Waals surface area contributed by atoms with Crippen molar-refractivity contribution in [1.82, 2.24) is 10.1 Å². The van der Waals surface area contributed by atoms with Crippen LogP contribution in [0.4, 0.5) is 5.82 Å². The minimum absolute atomic E-state index is 0.226. The third-order valence-electron chi connectivity index (χ3n) is 3.87. The zero-order valence-corrected chi connectivity index (χ0v) is 10.9. The maximum Gasteiger partial charge on any atom is 0.274 e. The molecule has 110 valence electrons. The number of fused-ring (bicyclic) bond motifs is 1. The van der Waals surface area contributed by atoms with Gasteiger partial charge in [-0.05, 0) is 6.08 Å². The van der Waals surface area contributed by atoms with E-state index in [4.69, 9.17) is 10.5 Å². The number of ether oxygens (including phenoxy) is 1. The first kappa shape index (κ1) is 13.8. The predicted octanol–water partition coefficient (Wildman–Crippen LogP) is -2.71. The first-order valence-corrected chi connectivity index (χ1v) is 6.31. The molecule has 5 N–H and O–H groups in total. The molecule has 5 atom stereocenters. The van der Waals surface area contributed by atoms with Crippen LogP contribution in [0.5, 0.6) is 0 Å². The molecule has 0 spiro atoms. The number of nitrogens with zero attached hydrogens (tertiary/aromatic N) is 4. The second-order valence-electron chi connectivity index (χ2n) is 4.96. The summed E-state index contributed by atoms with van der Waals surface area (Å²) in [6.07, 6.45) is 0.533. The Morgan fingerprint density at radius 2 is 2.29 bits per heavy atom. The van der Waals surface area contributed by atoms with Gasteiger partial charge in [-0.1, -0.05) is 4.68 Å². The van der Waals surface area contributed by atoms with Crippen molar-refractivity contribution in [3.8, 4) is 6.07 Å². The number of aliphatic hydroxyl groups is 3. The third kappa shape index (κ3) is 1.74. The summed E-state index contributed by atoms with van der Waals surface area (Å²) in [4.78, 5) is 3.84. The van der Waals surface area contributed by atoms with Crippen molar-refractivity contribution < 1.29 is 24.7 Å². The number of rotatable bonds is 2. The summed E-state index contributed by atoms with van der Waals surface area (Å²) in [6, 6.07) is 1.12. The van der Waals surface area contributed by atoms with E-state index in [0.29, 0.717) is 5.69 Å². The first-order chi connectivity index (χ1) is 10.0. The van der Waals surface area contributed by atoms with Crippen LogP contribution in [0.2, 0.25) is 0 Å². The van der Waals surface area contributed by atoms with E-state index >= 15 is 0 Å². The van der Waals surface area contributed by atoms with Crippen LogP contribution in [0, 0.1) is 11.3 Å². The standard InChI is InChI=1S/C12H14N5O4/c13-4-12(10(20)9(19)7(3-18)21-12)8-2-1-6-11(14)15-5-16-17(6)8/h1-2,5,7-10,18-20H,3H2,(H2,14,15,16)/q+1/t7-,8?,9-,10-,12+/m1/s1. The number of aromatic nitrogens is 3. The molecule has 0 bridgehead atoms. The van der Waals surface area contributed by atoms with Gasteiger partial charge < -0.3 is 25.8 Å². The second-order valence-corrected chi connectivity index (χ2v) is 4.96. The molecule has 0 amide bonds. The SMILES string of the molecule is N#C[C@@]1(C2C=Cc3c(N)ncn[n+]32)O[C@H](CO)[C@@H](O)[C@H]1O. The molecule has 1 unspecified atom stereocenters. The Hall–Kier alpha value is -2.12. The Labute approximate surface area is 119 Å². The Morgan fingerprint density at radius 1 is 1.52 bits per heavy atom. The predicted molar refractivity (Wildman–Crippen MR) is 67.0 cm³/mol. The van der Waals surface area contributed by atoms with E-state index in [1.165, 1.54) is 11.0 Å². The molecule has 9 nitrogen and oxygen atoms in total. The van der Waals surface area contributed by atoms with E-state index in [1.807, 2.05) is 6.07 Å². The highest BCUT2D eigenvalue weighted by Gasteiger charge is 2.64. The van der Waals surface area contributed by atoms with Crippen LogP contribution < -0.4 is 10.4 Å². The van der Waals surface area contributed by atoms with E-state index < -0.39 is 36.6 Å². The van der Waals surface area contributed by atoms with Gasteiger partial charge in [0.25, 0.3) is 11.3 Å². The quantitative estimate of drug-likeness (QED) is 0.430. The molecular weight excluding hydrogens is 278 g/mol. The van der Waals surface area contributed by atoms with E-state index in [0.717, 1.165) is 0 Å². The van der Waals surface area contributed by atoms with Crippen LogP contribution in [-0.2, 0) is 4.74 Å². The largest absolute Gasteiger partial charge is 0.394 e. The van der Waals surface area contributed by atoms with E-state index in [2.05, 4.69) is 10.1 Å². The Morgan fingerprint density at radius 3 is 2.90 bits per heavy atom. The van der Waals surface area contributed by atoms with E-state index in [1.54, 1.807) is 12.2 Å². The lowest BCUT2D eigenvalue weighted by molar-refractivity contribution is -0.775. The summed E-state index contributed by atoms with van der Waals surface area (Å²) >= 11 is 0. The highest BCUT2D eigenvalue weighted by molar-refractivity contribution is 5.56. The van der Waals surface area contributed by atoms with Crippen molar-refractivity contribution in [2.75, 3.05) is 12.3 Å². The van der Waals surface area contributed by atoms with Gasteiger partial charge in [-0.25, -0.2) is 4.98 Å². The average Bonchev–Trinajstić information content (AvgIpc) is 3.03. The van der Waals surface area contributed by atoms with Crippen LogP contribution in [0.3, 0.4) is 0 Å². The van der Waals surface area contributed by atoms with Gasteiger partial charge in [0.2, 0.25) is 11.9 Å². The van der Waals surface area contributed by atoms with Crippen molar-refractivity contribution >= 4 is 11.9 Å². The molecular formula is C12H14N5O4+. The van der Waals surface area contributed by atoms with Crippen molar-refractivity contribution in [2.24, 2.45) is 0 Å². The lowest BCUT2D eigenvalue weighted by Crippen LogP contribution is -2.58. The number of hydrogen-bond acceptors (Lipinski definition) is 8. The zero-order chi connectivity index (χ0) is 15.2. The summed E-state index contributed by atoms with van der Waals surface area (Å²) in [7, 11) is 0. The Bertz CT molecular complexity index is 645. The van der Waals surface area contributed by atoms with Gasteiger partial charge in [0.15, 0.2) is 6.33 Å². The lowest BCUT2D eigenvalue weighted by Gasteiger charge is -2.25. The molecule has 1 aromatic rings. The summed E-state index contributed by atoms with van der Waals surface area (Å²) in [5, 5.41) is 42.9. The van der Waals surface area contributed by atoms with Gasteiger partial charge in [0.1, 0.15) is 24.4 Å². The third-order valence-corrected chi connectivity index (χ3v) is 3.87. The van der Waals surface area contributed by atoms with Crippen LogP contribution in [0.15, 0.2) is 12.4 Å². The fourth-order valence-electron chi connectivity index (χ4n) is 2.76. The van der Waals surface area contributed by atoms with E-state index in [-0.39, 0.29) is 5.82 Å². The summed E-state index contributed by atoms with van der Waals surface area (Å²) < 4.78 is 6.87. The number of nitriles is 1. The second kappa shape index (κ2) is 4.71. The summed E-state index contributed by atoms with van der Waals surface area (Å²) in [6.45, 7) is -0.512. The maximum atomic E-state index is 10.2. The molecule has 1 fully saturated rings. The molecule has 1 saturated heterocycles. The smallest absolute Gasteiger partial charge is 0.274 e. The van der Waals surface area contributed by atoms with Gasteiger partial charge >= 0.3 is 0 Å². The van der Waals surface area contributed by atoms with Gasteiger partial charge in [0.05, 0.1) is 6.61 Å². The summed E-state index contributed by atoms with van der Waals surface area (Å²) in [5.74, 6) is 0.226. The van der Waals surface area contributed by atoms with Gasteiger partial charge in [-0.15, -0.1) is 0 Å². The number of anilines is 1. The van der Waals surface area contributed by atoms with Gasteiger partial charge in [-0.3, -0.25) is 0 Å². The Balaban J connectivity index is 2.07. The van der Waals surface area contributed by atoms with Gasteiger partial charge in [-0.2, -0.15) is 5.26 Å². The van der Waals surface area contributed by atoms with Crippen LogP contribution in [0.25, 0.3) is 6.08 Å². The number of hydrogen-bond donors (Lipinski definition) is 4. The molecule has 3 rings (SSSR count). The molecule has 0 aliphatic carbocycles. The van der Waals surface area contributed by atoms with Crippen LogP contribution >= 0.6 is 0 Å². The van der Waals surface area contributed by atoms with Crippen molar-refractivity contribution in [1.29, 1.82) is 5.26 Å². The van der Waals surface area contributed by atoms with E-state index in [9.17, 15) is 20.6 Å². The van der Waals surface area contributed by atoms with Crippen molar-refractivity contribution in [2.45, 2.75) is 30.0 Å². The fraction of sp³-hybridized carbons (Fsp3) is 0.500. The summed E-state index contributed by atoms with van der Waals surface area (Å²) in [5.41, 5.74) is 4.45. The average molecular weight is 292 g/mol. The molecule has 3 heterocycles. The number of nitrogens with two attached hydrogens (primary N) is 1. The number of nitrogen functional groups attached to an aromatic ring is 1. The highest BCUT2D eigenvalue weighted by atomic mass is 16.6. The molecule has 21 heavy (non-hydrogen) atoms. The molecule has 0 saturated carbocycles. The fourth-order valence-corrected chi connectivity index (χ4v) is 2.76. The van der Waals surface area contributed by atoms with Crippen molar-refractivity contribution in [3.05, 3.63) is 18.1 Å². The molecule has 2 aliphatic heterocycles. The molecule has 1 aromatic heterocycles. The van der Waals surface area contributed by atoms with Crippen LogP contribution in [-0.4, -0.2) is 55.9 Å².